The van der Waals surface area contributed by atoms with Crippen molar-refractivity contribution in [1.29, 1.82) is 0 Å². The molecule has 1 aliphatic rings. The second-order valence-electron chi connectivity index (χ2n) is 10.2. The number of imidazole rings is 1. The van der Waals surface area contributed by atoms with Crippen molar-refractivity contribution in [2.75, 3.05) is 36.4 Å². The SMILES string of the molecule is CN(c1cccc2c1nc(C(C)(C)C)n2CC1CCOCC1)S(=O)(=O)c1ccc(NC(=O)CN)cc1. The minimum absolute atomic E-state index is 0.116. The number of benzene rings is 2. The number of para-hydroxylation sites is 1. The molecular formula is C26H35N5O4S. The molecule has 0 atom stereocenters. The second-order valence-corrected chi connectivity index (χ2v) is 12.2. The van der Waals surface area contributed by atoms with Crippen LogP contribution in [0.4, 0.5) is 11.4 Å². The van der Waals surface area contributed by atoms with E-state index in [1.165, 1.54) is 16.4 Å². The van der Waals surface area contributed by atoms with Gasteiger partial charge in [0.2, 0.25) is 5.91 Å². The minimum Gasteiger partial charge on any atom is -0.381 e. The lowest BCUT2D eigenvalue weighted by Crippen LogP contribution is -2.27. The van der Waals surface area contributed by atoms with E-state index in [9.17, 15) is 13.2 Å². The predicted molar refractivity (Wildman–Crippen MR) is 142 cm³/mol. The van der Waals surface area contributed by atoms with Crippen molar-refractivity contribution in [2.24, 2.45) is 11.7 Å². The third kappa shape index (κ3) is 5.25. The van der Waals surface area contributed by atoms with Crippen LogP contribution in [-0.2, 0) is 31.5 Å². The molecule has 0 radical (unpaired) electrons. The van der Waals surface area contributed by atoms with Gasteiger partial charge in [-0.1, -0.05) is 26.8 Å². The fourth-order valence-corrected chi connectivity index (χ4v) is 5.74. The Bertz CT molecular complexity index is 1340. The van der Waals surface area contributed by atoms with E-state index in [-0.39, 0.29) is 22.8 Å². The van der Waals surface area contributed by atoms with Gasteiger partial charge < -0.3 is 20.4 Å². The van der Waals surface area contributed by atoms with Crippen LogP contribution in [0.5, 0.6) is 0 Å². The zero-order chi connectivity index (χ0) is 26.1. The number of anilines is 2. The number of nitrogens with two attached hydrogens (primary N) is 1. The van der Waals surface area contributed by atoms with Crippen LogP contribution < -0.4 is 15.4 Å². The Labute approximate surface area is 212 Å². The second kappa shape index (κ2) is 10.2. The van der Waals surface area contributed by atoms with Crippen molar-refractivity contribution in [3.63, 3.8) is 0 Å². The van der Waals surface area contributed by atoms with Crippen molar-refractivity contribution in [1.82, 2.24) is 9.55 Å². The highest BCUT2D eigenvalue weighted by atomic mass is 32.2. The maximum atomic E-state index is 13.5. The Morgan fingerprint density at radius 3 is 2.44 bits per heavy atom. The maximum absolute atomic E-state index is 13.5. The number of carbonyl (C=O) groups is 1. The molecule has 0 aliphatic carbocycles. The van der Waals surface area contributed by atoms with Crippen LogP contribution in [0.25, 0.3) is 11.0 Å². The normalized spacial score (nSPS) is 15.2. The van der Waals surface area contributed by atoms with Gasteiger partial charge >= 0.3 is 0 Å². The highest BCUT2D eigenvalue weighted by Gasteiger charge is 2.29. The molecule has 36 heavy (non-hydrogen) atoms. The highest BCUT2D eigenvalue weighted by Crippen LogP contribution is 2.35. The Kier molecular flexibility index (Phi) is 7.40. The van der Waals surface area contributed by atoms with Crippen LogP contribution in [0.15, 0.2) is 47.4 Å². The zero-order valence-electron chi connectivity index (χ0n) is 21.3. The molecule has 1 saturated heterocycles. The summed E-state index contributed by atoms with van der Waals surface area (Å²) in [5.41, 5.74) is 7.69. The average molecular weight is 514 g/mol. The van der Waals surface area contributed by atoms with E-state index in [2.05, 4.69) is 30.7 Å². The zero-order valence-corrected chi connectivity index (χ0v) is 22.1. The van der Waals surface area contributed by atoms with Crippen LogP contribution in [0.1, 0.15) is 39.4 Å². The van der Waals surface area contributed by atoms with E-state index < -0.39 is 10.0 Å². The number of hydrogen-bond donors (Lipinski definition) is 2. The molecule has 2 heterocycles. The summed E-state index contributed by atoms with van der Waals surface area (Å²) in [5, 5.41) is 2.62. The Morgan fingerprint density at radius 2 is 1.83 bits per heavy atom. The third-order valence-electron chi connectivity index (χ3n) is 6.53. The molecule has 0 spiro atoms. The lowest BCUT2D eigenvalue weighted by molar-refractivity contribution is -0.114. The average Bonchev–Trinajstić information content (AvgIpc) is 3.23. The van der Waals surface area contributed by atoms with E-state index in [0.29, 0.717) is 22.8 Å². The number of fused-ring (bicyclic) bond motifs is 1. The van der Waals surface area contributed by atoms with Crippen molar-refractivity contribution >= 4 is 38.3 Å². The van der Waals surface area contributed by atoms with Gasteiger partial charge in [0.1, 0.15) is 11.3 Å². The van der Waals surface area contributed by atoms with Crippen LogP contribution in [0, 0.1) is 5.92 Å². The summed E-state index contributed by atoms with van der Waals surface area (Å²) in [6.07, 6.45) is 2.00. The first-order valence-electron chi connectivity index (χ1n) is 12.2. The molecule has 4 rings (SSSR count). The molecule has 0 bridgehead atoms. The summed E-state index contributed by atoms with van der Waals surface area (Å²) in [4.78, 5) is 16.6. The number of sulfonamides is 1. The standard InChI is InChI=1S/C26H35N5O4S/c1-26(2,3)25-29-24-21(6-5-7-22(24)31(25)17-18-12-14-35-15-13-18)30(4)36(33,34)20-10-8-19(9-11-20)28-23(32)16-27/h5-11,18H,12-17,27H2,1-4H3,(H,28,32). The van der Waals surface area contributed by atoms with Gasteiger partial charge in [-0.25, -0.2) is 13.4 Å². The lowest BCUT2D eigenvalue weighted by atomic mass is 9.94. The highest BCUT2D eigenvalue weighted by molar-refractivity contribution is 7.92. The summed E-state index contributed by atoms with van der Waals surface area (Å²) >= 11 is 0. The van der Waals surface area contributed by atoms with E-state index in [0.717, 1.165) is 43.9 Å². The molecule has 0 unspecified atom stereocenters. The summed E-state index contributed by atoms with van der Waals surface area (Å²) in [7, 11) is -2.33. The van der Waals surface area contributed by atoms with Gasteiger partial charge in [-0.2, -0.15) is 0 Å². The Hall–Kier alpha value is -2.95. The van der Waals surface area contributed by atoms with Gasteiger partial charge in [-0.05, 0) is 55.2 Å². The summed E-state index contributed by atoms with van der Waals surface area (Å²) in [6, 6.07) is 11.7. The largest absolute Gasteiger partial charge is 0.381 e. The molecule has 2 aromatic carbocycles. The number of amides is 1. The molecule has 0 saturated carbocycles. The summed E-state index contributed by atoms with van der Waals surface area (Å²) < 4.78 is 36.2. The van der Waals surface area contributed by atoms with Gasteiger partial charge in [0, 0.05) is 37.9 Å². The van der Waals surface area contributed by atoms with Crippen LogP contribution in [0.2, 0.25) is 0 Å². The Morgan fingerprint density at radius 1 is 1.17 bits per heavy atom. The maximum Gasteiger partial charge on any atom is 0.264 e. The van der Waals surface area contributed by atoms with Crippen molar-refractivity contribution in [3.05, 3.63) is 48.3 Å². The van der Waals surface area contributed by atoms with Crippen LogP contribution in [-0.4, -0.2) is 50.7 Å². The monoisotopic (exact) mass is 513 g/mol. The molecular weight excluding hydrogens is 478 g/mol. The number of nitrogens with one attached hydrogen (secondary N) is 1. The number of ether oxygens (including phenoxy) is 1. The van der Waals surface area contributed by atoms with E-state index >= 15 is 0 Å². The molecule has 3 aromatic rings. The van der Waals surface area contributed by atoms with E-state index in [1.54, 1.807) is 25.2 Å². The van der Waals surface area contributed by atoms with Crippen molar-refractivity contribution in [2.45, 2.75) is 50.5 Å². The van der Waals surface area contributed by atoms with Gasteiger partial charge in [0.15, 0.2) is 0 Å². The van der Waals surface area contributed by atoms with Gasteiger partial charge in [0.25, 0.3) is 10.0 Å². The number of carbonyl (C=O) groups excluding carboxylic acids is 1. The lowest BCUT2D eigenvalue weighted by Gasteiger charge is -2.26. The predicted octanol–water partition coefficient (Wildman–Crippen LogP) is 3.48. The molecule has 9 nitrogen and oxygen atoms in total. The Balaban J connectivity index is 1.72. The van der Waals surface area contributed by atoms with Gasteiger partial charge in [-0.3, -0.25) is 9.10 Å². The molecule has 1 aromatic heterocycles. The van der Waals surface area contributed by atoms with E-state index in [4.69, 9.17) is 15.5 Å². The first kappa shape index (κ1) is 26.1. The minimum atomic E-state index is -3.87. The third-order valence-corrected chi connectivity index (χ3v) is 8.32. The number of hydrogen-bond acceptors (Lipinski definition) is 6. The van der Waals surface area contributed by atoms with Crippen molar-refractivity contribution < 1.29 is 17.9 Å². The van der Waals surface area contributed by atoms with E-state index in [1.807, 2.05) is 12.1 Å². The topological polar surface area (TPSA) is 120 Å². The van der Waals surface area contributed by atoms with Crippen LogP contribution in [0.3, 0.4) is 0 Å². The summed E-state index contributed by atoms with van der Waals surface area (Å²) in [5.74, 6) is 1.07. The molecule has 3 N–H and O–H groups in total. The van der Waals surface area contributed by atoms with Crippen LogP contribution >= 0.6 is 0 Å². The molecule has 10 heteroatoms. The smallest absolute Gasteiger partial charge is 0.264 e. The van der Waals surface area contributed by atoms with Crippen molar-refractivity contribution in [3.8, 4) is 0 Å². The fraction of sp³-hybridized carbons (Fsp3) is 0.462. The first-order valence-corrected chi connectivity index (χ1v) is 13.6. The van der Waals surface area contributed by atoms with Gasteiger partial charge in [0.05, 0.1) is 22.6 Å². The summed E-state index contributed by atoms with van der Waals surface area (Å²) in [6.45, 7) is 8.58. The quantitative estimate of drug-likeness (QED) is 0.499. The first-order chi connectivity index (χ1) is 17.0. The number of nitrogens with zero attached hydrogens (tertiary/aromatic N) is 3. The molecule has 1 amide bonds. The molecule has 1 aliphatic heterocycles. The molecule has 194 valence electrons. The number of aromatic nitrogens is 2. The number of rotatable bonds is 7. The van der Waals surface area contributed by atoms with Gasteiger partial charge in [-0.15, -0.1) is 0 Å². The molecule has 1 fully saturated rings. The fourth-order valence-electron chi connectivity index (χ4n) is 4.54.